The summed E-state index contributed by atoms with van der Waals surface area (Å²) in [5.74, 6) is -0.539. The maximum atomic E-state index is 12.7. The van der Waals surface area contributed by atoms with E-state index in [9.17, 15) is 18.0 Å². The van der Waals surface area contributed by atoms with Crippen LogP contribution in [0.1, 0.15) is 24.5 Å². The van der Waals surface area contributed by atoms with Crippen molar-refractivity contribution < 1.29 is 36.4 Å². The number of esters is 1. The van der Waals surface area contributed by atoms with E-state index in [1.54, 1.807) is 13.6 Å². The van der Waals surface area contributed by atoms with Gasteiger partial charge in [-0.15, -0.1) is 0 Å². The largest absolute Gasteiger partial charge is 0.465 e. The second-order valence-electron chi connectivity index (χ2n) is 6.38. The van der Waals surface area contributed by atoms with E-state index in [4.69, 9.17) is 18.5 Å². The molecule has 27 heavy (non-hydrogen) atoms. The fourth-order valence-corrected chi connectivity index (χ4v) is 3.10. The molecule has 146 valence electrons. The van der Waals surface area contributed by atoms with Gasteiger partial charge in [0.15, 0.2) is 0 Å². The molecule has 1 aromatic rings. The minimum absolute atomic E-state index is 0.0237. The SMILES string of the molecule is CB1OB(C)OB([C@@H](C)CCOC(=O)Cc2ccc(C(F)(F)F)cc2Br)O1. The number of benzene rings is 1. The van der Waals surface area contributed by atoms with Gasteiger partial charge in [-0.2, -0.15) is 13.2 Å². The highest BCUT2D eigenvalue weighted by molar-refractivity contribution is 9.10. The minimum Gasteiger partial charge on any atom is -0.465 e. The molecule has 1 aliphatic rings. The van der Waals surface area contributed by atoms with Gasteiger partial charge >= 0.3 is 33.5 Å². The van der Waals surface area contributed by atoms with E-state index >= 15 is 0 Å². The molecular formula is C15H19B3BrF3O5. The van der Waals surface area contributed by atoms with Gasteiger partial charge in [-0.1, -0.05) is 28.9 Å². The molecule has 12 heteroatoms. The predicted molar refractivity (Wildman–Crippen MR) is 100 cm³/mol. The molecule has 5 nitrogen and oxygen atoms in total. The maximum Gasteiger partial charge on any atom is 0.432 e. The van der Waals surface area contributed by atoms with Crippen LogP contribution in [0.15, 0.2) is 22.7 Å². The van der Waals surface area contributed by atoms with Crippen LogP contribution < -0.4 is 0 Å². The molecule has 0 aromatic heterocycles. The first-order chi connectivity index (χ1) is 12.6. The fraction of sp³-hybridized carbons (Fsp3) is 0.533. The lowest BCUT2D eigenvalue weighted by atomic mass is 9.63. The Morgan fingerprint density at radius 2 is 1.85 bits per heavy atom. The van der Waals surface area contributed by atoms with Gasteiger partial charge in [0.1, 0.15) is 0 Å². The topological polar surface area (TPSA) is 54.0 Å². The van der Waals surface area contributed by atoms with Crippen molar-refractivity contribution >= 4 is 43.3 Å². The smallest absolute Gasteiger partial charge is 0.432 e. The van der Waals surface area contributed by atoms with E-state index in [2.05, 4.69) is 15.9 Å². The summed E-state index contributed by atoms with van der Waals surface area (Å²) in [6.07, 6.45) is -4.03. The minimum atomic E-state index is -4.43. The summed E-state index contributed by atoms with van der Waals surface area (Å²) >= 11 is 3.07. The van der Waals surface area contributed by atoms with Crippen molar-refractivity contribution in [1.82, 2.24) is 0 Å². The number of ether oxygens (including phenoxy) is 1. The summed E-state index contributed by atoms with van der Waals surface area (Å²) in [6.45, 7) is 5.63. The molecule has 2 rings (SSSR count). The lowest BCUT2D eigenvalue weighted by Crippen LogP contribution is -2.48. The van der Waals surface area contributed by atoms with E-state index in [0.717, 1.165) is 12.1 Å². The number of hydrogen-bond acceptors (Lipinski definition) is 5. The van der Waals surface area contributed by atoms with E-state index in [1.807, 2.05) is 6.92 Å². The molecule has 1 saturated heterocycles. The fourth-order valence-electron chi connectivity index (χ4n) is 2.58. The van der Waals surface area contributed by atoms with Crippen molar-refractivity contribution in [3.05, 3.63) is 33.8 Å². The third-order valence-electron chi connectivity index (χ3n) is 4.05. The van der Waals surface area contributed by atoms with Crippen molar-refractivity contribution in [3.8, 4) is 0 Å². The Labute approximate surface area is 165 Å². The molecule has 1 aromatic carbocycles. The lowest BCUT2D eigenvalue weighted by molar-refractivity contribution is -0.143. The van der Waals surface area contributed by atoms with Crippen molar-refractivity contribution in [1.29, 1.82) is 0 Å². The Morgan fingerprint density at radius 3 is 2.41 bits per heavy atom. The monoisotopic (exact) mass is 448 g/mol. The maximum absolute atomic E-state index is 12.7. The van der Waals surface area contributed by atoms with Crippen molar-refractivity contribution in [2.45, 2.75) is 45.4 Å². The van der Waals surface area contributed by atoms with Gasteiger partial charge in [0.05, 0.1) is 18.6 Å². The zero-order valence-corrected chi connectivity index (χ0v) is 16.8. The van der Waals surface area contributed by atoms with Gasteiger partial charge in [-0.05, 0) is 43.6 Å². The quantitative estimate of drug-likeness (QED) is 0.484. The normalized spacial score (nSPS) is 16.5. The highest BCUT2D eigenvalue weighted by atomic mass is 79.9. The van der Waals surface area contributed by atoms with Gasteiger partial charge in [-0.25, -0.2) is 0 Å². The van der Waals surface area contributed by atoms with Crippen molar-refractivity contribution in [2.24, 2.45) is 0 Å². The molecule has 0 aliphatic carbocycles. The van der Waals surface area contributed by atoms with E-state index in [1.165, 1.54) is 6.07 Å². The standard InChI is InChI=1S/C15H19B3BrF3O5/c1-10(18-26-16(2)25-17(3)27-18)6-7-24-14(23)8-11-4-5-12(9-13(11)19)15(20,21)22/h4-5,9-10H,6-8H2,1-3H3/t10-/m0/s1. The Kier molecular flexibility index (Phi) is 7.85. The van der Waals surface area contributed by atoms with Gasteiger partial charge in [0, 0.05) is 4.47 Å². The van der Waals surface area contributed by atoms with Gasteiger partial charge < -0.3 is 18.5 Å². The summed E-state index contributed by atoms with van der Waals surface area (Å²) in [6, 6.07) is 3.16. The molecule has 0 N–H and O–H groups in total. The first-order valence-corrected chi connectivity index (χ1v) is 9.33. The molecule has 0 unspecified atom stereocenters. The third kappa shape index (κ3) is 6.85. The molecule has 1 heterocycles. The van der Waals surface area contributed by atoms with Crippen LogP contribution in [-0.4, -0.2) is 33.9 Å². The van der Waals surface area contributed by atoms with Crippen LogP contribution in [-0.2, 0) is 35.8 Å². The average Bonchev–Trinajstić information content (AvgIpc) is 2.54. The van der Waals surface area contributed by atoms with Crippen molar-refractivity contribution in [2.75, 3.05) is 6.61 Å². The molecule has 0 spiro atoms. The molecule has 0 bridgehead atoms. The van der Waals surface area contributed by atoms with Crippen LogP contribution >= 0.6 is 15.9 Å². The second kappa shape index (κ2) is 9.49. The van der Waals surface area contributed by atoms with Gasteiger partial charge in [0.25, 0.3) is 0 Å². The first-order valence-electron chi connectivity index (χ1n) is 8.54. The van der Waals surface area contributed by atoms with Gasteiger partial charge in [-0.3, -0.25) is 4.79 Å². The zero-order valence-electron chi connectivity index (χ0n) is 15.2. The van der Waals surface area contributed by atoms with Crippen LogP contribution in [0.5, 0.6) is 0 Å². The predicted octanol–water partition coefficient (Wildman–Crippen LogP) is 4.12. The zero-order chi connectivity index (χ0) is 20.2. The highest BCUT2D eigenvalue weighted by Gasteiger charge is 2.38. The Balaban J connectivity index is 1.79. The van der Waals surface area contributed by atoms with E-state index < -0.39 is 24.8 Å². The molecule has 1 aliphatic heterocycles. The summed E-state index contributed by atoms with van der Waals surface area (Å²) in [5, 5.41) is 0. The van der Waals surface area contributed by atoms with Crippen LogP contribution in [0.3, 0.4) is 0 Å². The molecule has 1 atom stereocenters. The van der Waals surface area contributed by atoms with Crippen LogP contribution in [0, 0.1) is 0 Å². The number of hydrogen-bond donors (Lipinski definition) is 0. The van der Waals surface area contributed by atoms with Crippen molar-refractivity contribution in [3.63, 3.8) is 0 Å². The van der Waals surface area contributed by atoms with Crippen LogP contribution in [0.25, 0.3) is 0 Å². The van der Waals surface area contributed by atoms with Crippen LogP contribution in [0.2, 0.25) is 19.5 Å². The number of rotatable bonds is 6. The van der Waals surface area contributed by atoms with E-state index in [0.29, 0.717) is 12.0 Å². The molecule has 1 fully saturated rings. The Bertz CT molecular complexity index is 654. The number of carbonyl (C=O) groups excluding carboxylic acids is 1. The molecular weight excluding hydrogens is 429 g/mol. The first kappa shape index (κ1) is 22.3. The van der Waals surface area contributed by atoms with Gasteiger partial charge in [0.2, 0.25) is 0 Å². The third-order valence-corrected chi connectivity index (χ3v) is 4.79. The number of halogens is 4. The summed E-state index contributed by atoms with van der Waals surface area (Å²) in [4.78, 5) is 12.0. The number of alkyl halides is 3. The molecule has 0 radical (unpaired) electrons. The molecule has 0 saturated carbocycles. The number of carbonyl (C=O) groups is 1. The lowest BCUT2D eigenvalue weighted by Gasteiger charge is -2.31. The summed E-state index contributed by atoms with van der Waals surface area (Å²) in [5.41, 5.74) is -0.347. The highest BCUT2D eigenvalue weighted by Crippen LogP contribution is 2.32. The Hall–Kier alpha value is -0.965. The summed E-state index contributed by atoms with van der Waals surface area (Å²) < 4.78 is 59.8. The summed E-state index contributed by atoms with van der Waals surface area (Å²) in [7, 11) is -1.20. The van der Waals surface area contributed by atoms with Crippen LogP contribution in [0.4, 0.5) is 13.2 Å². The average molecular weight is 449 g/mol. The second-order valence-corrected chi connectivity index (χ2v) is 7.23. The molecule has 0 amide bonds. The van der Waals surface area contributed by atoms with E-state index in [-0.39, 0.29) is 37.6 Å². The Morgan fingerprint density at radius 1 is 1.22 bits per heavy atom.